The SMILES string of the molecule is c1ccc(-c2ccc(-c3nc(-c4ccccc4)nc(-c4c(-c5ccc6oc7ccccc7c6c5)ccc5oc6ccccc6c45)n3)cc2)cc1. The quantitative estimate of drug-likeness (QED) is 0.187. The van der Waals surface area contributed by atoms with Crippen molar-refractivity contribution in [1.82, 2.24) is 15.0 Å². The Morgan fingerprint density at radius 1 is 0.320 bits per heavy atom. The molecule has 234 valence electrons. The summed E-state index contributed by atoms with van der Waals surface area (Å²) in [4.78, 5) is 15.5. The Morgan fingerprint density at radius 2 is 0.800 bits per heavy atom. The summed E-state index contributed by atoms with van der Waals surface area (Å²) in [7, 11) is 0. The highest BCUT2D eigenvalue weighted by Crippen LogP contribution is 2.43. The Labute approximate surface area is 287 Å². The maximum Gasteiger partial charge on any atom is 0.165 e. The van der Waals surface area contributed by atoms with Crippen LogP contribution < -0.4 is 0 Å². The summed E-state index contributed by atoms with van der Waals surface area (Å²) in [5.41, 5.74) is 10.3. The lowest BCUT2D eigenvalue weighted by Gasteiger charge is -2.14. The number of rotatable bonds is 5. The number of furan rings is 2. The molecule has 5 nitrogen and oxygen atoms in total. The van der Waals surface area contributed by atoms with Crippen LogP contribution in [0.4, 0.5) is 0 Å². The number of fused-ring (bicyclic) bond motifs is 6. The smallest absolute Gasteiger partial charge is 0.165 e. The average Bonchev–Trinajstić information content (AvgIpc) is 3.76. The monoisotopic (exact) mass is 641 g/mol. The van der Waals surface area contributed by atoms with Crippen molar-refractivity contribution in [3.05, 3.63) is 164 Å². The van der Waals surface area contributed by atoms with E-state index in [1.54, 1.807) is 0 Å². The van der Waals surface area contributed by atoms with Gasteiger partial charge in [-0.3, -0.25) is 0 Å². The van der Waals surface area contributed by atoms with Crippen LogP contribution >= 0.6 is 0 Å². The molecule has 0 amide bonds. The second-order valence-electron chi connectivity index (χ2n) is 12.4. The Balaban J connectivity index is 1.25. The van der Waals surface area contributed by atoms with Crippen LogP contribution in [0.2, 0.25) is 0 Å². The molecule has 50 heavy (non-hydrogen) atoms. The van der Waals surface area contributed by atoms with Crippen molar-refractivity contribution < 1.29 is 8.83 Å². The molecule has 10 aromatic rings. The van der Waals surface area contributed by atoms with Crippen LogP contribution in [0, 0.1) is 0 Å². The van der Waals surface area contributed by atoms with Gasteiger partial charge in [0.05, 0.1) is 0 Å². The van der Waals surface area contributed by atoms with Gasteiger partial charge in [-0.15, -0.1) is 0 Å². The first-order valence-electron chi connectivity index (χ1n) is 16.6. The zero-order valence-corrected chi connectivity index (χ0v) is 26.7. The molecule has 10 rings (SSSR count). The van der Waals surface area contributed by atoms with Crippen LogP contribution in [0.1, 0.15) is 0 Å². The minimum absolute atomic E-state index is 0.574. The van der Waals surface area contributed by atoms with Crippen LogP contribution in [0.3, 0.4) is 0 Å². The fourth-order valence-electron chi connectivity index (χ4n) is 6.96. The molecule has 0 bridgehead atoms. The lowest BCUT2D eigenvalue weighted by atomic mass is 9.93. The van der Waals surface area contributed by atoms with Gasteiger partial charge in [0, 0.05) is 38.2 Å². The highest BCUT2D eigenvalue weighted by atomic mass is 16.3. The van der Waals surface area contributed by atoms with Gasteiger partial charge in [0.2, 0.25) is 0 Å². The van der Waals surface area contributed by atoms with E-state index in [2.05, 4.69) is 84.9 Å². The Morgan fingerprint density at radius 3 is 1.54 bits per heavy atom. The van der Waals surface area contributed by atoms with Crippen LogP contribution in [0.25, 0.3) is 100 Å². The second-order valence-corrected chi connectivity index (χ2v) is 12.4. The second kappa shape index (κ2) is 11.4. The Bertz CT molecular complexity index is 2850. The van der Waals surface area contributed by atoms with Gasteiger partial charge in [-0.1, -0.05) is 127 Å². The maximum atomic E-state index is 6.42. The van der Waals surface area contributed by atoms with Crippen molar-refractivity contribution >= 4 is 43.9 Å². The van der Waals surface area contributed by atoms with Crippen molar-refractivity contribution in [1.29, 1.82) is 0 Å². The van der Waals surface area contributed by atoms with E-state index < -0.39 is 0 Å². The zero-order valence-electron chi connectivity index (χ0n) is 26.7. The minimum Gasteiger partial charge on any atom is -0.456 e. The van der Waals surface area contributed by atoms with Crippen molar-refractivity contribution in [2.24, 2.45) is 0 Å². The number of nitrogens with zero attached hydrogens (tertiary/aromatic N) is 3. The first-order chi connectivity index (χ1) is 24.8. The van der Waals surface area contributed by atoms with Gasteiger partial charge in [0.15, 0.2) is 17.5 Å². The molecule has 3 aromatic heterocycles. The molecule has 5 heteroatoms. The van der Waals surface area contributed by atoms with Gasteiger partial charge in [0.25, 0.3) is 0 Å². The molecule has 0 spiro atoms. The van der Waals surface area contributed by atoms with Gasteiger partial charge in [-0.25, -0.2) is 15.0 Å². The van der Waals surface area contributed by atoms with Gasteiger partial charge in [-0.05, 0) is 58.7 Å². The molecular weight excluding hydrogens is 615 g/mol. The van der Waals surface area contributed by atoms with Gasteiger partial charge in [0.1, 0.15) is 22.3 Å². The molecular formula is C45H27N3O2. The first kappa shape index (κ1) is 28.2. The van der Waals surface area contributed by atoms with E-state index in [9.17, 15) is 0 Å². The summed E-state index contributed by atoms with van der Waals surface area (Å²) < 4.78 is 12.6. The van der Waals surface area contributed by atoms with E-state index in [0.717, 1.165) is 82.8 Å². The molecule has 7 aromatic carbocycles. The maximum absolute atomic E-state index is 6.42. The Kier molecular flexibility index (Phi) is 6.42. The average molecular weight is 642 g/mol. The number of para-hydroxylation sites is 2. The summed E-state index contributed by atoms with van der Waals surface area (Å²) in [6, 6.07) is 55.7. The fourth-order valence-corrected chi connectivity index (χ4v) is 6.96. The molecule has 0 atom stereocenters. The predicted molar refractivity (Wildman–Crippen MR) is 202 cm³/mol. The van der Waals surface area contributed by atoms with Gasteiger partial charge >= 0.3 is 0 Å². The summed E-state index contributed by atoms with van der Waals surface area (Å²) in [5, 5.41) is 4.10. The van der Waals surface area contributed by atoms with Crippen LogP contribution in [-0.4, -0.2) is 15.0 Å². The van der Waals surface area contributed by atoms with E-state index in [1.165, 1.54) is 0 Å². The number of hydrogen-bond donors (Lipinski definition) is 0. The van der Waals surface area contributed by atoms with E-state index in [1.807, 2.05) is 78.9 Å². The molecule has 0 unspecified atom stereocenters. The largest absolute Gasteiger partial charge is 0.456 e. The third kappa shape index (κ3) is 4.67. The van der Waals surface area contributed by atoms with Crippen LogP contribution in [-0.2, 0) is 0 Å². The van der Waals surface area contributed by atoms with Crippen molar-refractivity contribution in [2.45, 2.75) is 0 Å². The summed E-state index contributed by atoms with van der Waals surface area (Å²) >= 11 is 0. The number of benzene rings is 7. The van der Waals surface area contributed by atoms with Gasteiger partial charge in [-0.2, -0.15) is 0 Å². The molecule has 3 heterocycles. The fraction of sp³-hybridized carbons (Fsp3) is 0. The summed E-state index contributed by atoms with van der Waals surface area (Å²) in [5.74, 6) is 1.77. The minimum atomic E-state index is 0.574. The van der Waals surface area contributed by atoms with Crippen molar-refractivity contribution in [2.75, 3.05) is 0 Å². The van der Waals surface area contributed by atoms with E-state index >= 15 is 0 Å². The highest BCUT2D eigenvalue weighted by Gasteiger charge is 2.22. The third-order valence-electron chi connectivity index (χ3n) is 9.37. The lowest BCUT2D eigenvalue weighted by molar-refractivity contribution is 0.668. The van der Waals surface area contributed by atoms with Crippen LogP contribution in [0.5, 0.6) is 0 Å². The molecule has 0 N–H and O–H groups in total. The van der Waals surface area contributed by atoms with E-state index in [-0.39, 0.29) is 0 Å². The van der Waals surface area contributed by atoms with E-state index in [0.29, 0.717) is 17.5 Å². The molecule has 0 aliphatic carbocycles. The zero-order chi connectivity index (χ0) is 33.0. The normalized spacial score (nSPS) is 11.6. The molecule has 0 saturated heterocycles. The van der Waals surface area contributed by atoms with Crippen molar-refractivity contribution in [3.63, 3.8) is 0 Å². The number of hydrogen-bond acceptors (Lipinski definition) is 5. The van der Waals surface area contributed by atoms with Crippen LogP contribution in [0.15, 0.2) is 173 Å². The highest BCUT2D eigenvalue weighted by molar-refractivity contribution is 6.16. The lowest BCUT2D eigenvalue weighted by Crippen LogP contribution is -2.01. The number of aromatic nitrogens is 3. The molecule has 0 aliphatic rings. The van der Waals surface area contributed by atoms with Gasteiger partial charge < -0.3 is 8.83 Å². The summed E-state index contributed by atoms with van der Waals surface area (Å²) in [6.45, 7) is 0. The van der Waals surface area contributed by atoms with Crippen molar-refractivity contribution in [3.8, 4) is 56.4 Å². The Hall–Kier alpha value is -6.85. The molecule has 0 saturated carbocycles. The van der Waals surface area contributed by atoms with E-state index in [4.69, 9.17) is 23.8 Å². The molecule has 0 fully saturated rings. The topological polar surface area (TPSA) is 65.0 Å². The predicted octanol–water partition coefficient (Wildman–Crippen LogP) is 12.0. The third-order valence-corrected chi connectivity index (χ3v) is 9.37. The summed E-state index contributed by atoms with van der Waals surface area (Å²) in [6.07, 6.45) is 0. The first-order valence-corrected chi connectivity index (χ1v) is 16.6. The molecule has 0 aliphatic heterocycles. The standard InChI is InChI=1S/C45H27N3O2/c1-3-11-28(12-4-1)29-19-21-31(22-20-29)44-46-43(30-13-5-2-6-14-30)47-45(48-44)42-33(24-26-40-41(42)35-16-8-10-18-38(35)50-40)32-23-25-39-36(27-32)34-15-7-9-17-37(34)49-39/h1-27H. The molecule has 0 radical (unpaired) electrons.